The molecule has 1 aromatic rings. The van der Waals surface area contributed by atoms with Gasteiger partial charge in [-0.15, -0.1) is 0 Å². The van der Waals surface area contributed by atoms with Crippen LogP contribution < -0.4 is 0 Å². The molecule has 0 saturated heterocycles. The highest BCUT2D eigenvalue weighted by molar-refractivity contribution is 5.88. The second-order valence-electron chi connectivity index (χ2n) is 3.58. The van der Waals surface area contributed by atoms with Gasteiger partial charge in [0.1, 0.15) is 17.7 Å². The van der Waals surface area contributed by atoms with E-state index in [-0.39, 0.29) is 0 Å². The van der Waals surface area contributed by atoms with Crippen molar-refractivity contribution in [2.24, 2.45) is 5.11 Å². The fraction of sp³-hybridized carbons (Fsp3) is 0.300. The third-order valence-electron chi connectivity index (χ3n) is 2.33. The van der Waals surface area contributed by atoms with Crippen LogP contribution in [-0.4, -0.2) is 33.9 Å². The van der Waals surface area contributed by atoms with E-state index in [1.807, 2.05) is 0 Å². The predicted molar refractivity (Wildman–Crippen MR) is 58.3 cm³/mol. The highest BCUT2D eigenvalue weighted by atomic mass is 19.1. The minimum atomic E-state index is -1.84. The Kier molecular flexibility index (Phi) is 4.76. The summed E-state index contributed by atoms with van der Waals surface area (Å²) in [5.74, 6) is -4.16. The van der Waals surface area contributed by atoms with Gasteiger partial charge in [0.2, 0.25) is 0 Å². The molecule has 0 amide bonds. The Balaban J connectivity index is 3.15. The van der Waals surface area contributed by atoms with Crippen LogP contribution in [0.5, 0.6) is 0 Å². The van der Waals surface area contributed by atoms with Crippen molar-refractivity contribution in [3.63, 3.8) is 0 Å². The first-order valence-electron chi connectivity index (χ1n) is 4.97. The van der Waals surface area contributed by atoms with Gasteiger partial charge < -0.3 is 15.3 Å². The number of hydrogen-bond donors (Lipinski definition) is 3. The minimum Gasteiger partial charge on any atom is -0.478 e. The maximum absolute atomic E-state index is 13.4. The number of carboxylic acid groups (broad SMARTS) is 1. The SMILES string of the molecule is [N-]=[N+]=NCC(O)C(O)c1cc(C(=O)O)c(F)cc1F. The molecule has 0 bridgehead atoms. The van der Waals surface area contributed by atoms with Gasteiger partial charge in [-0.25, -0.2) is 13.6 Å². The lowest BCUT2D eigenvalue weighted by Crippen LogP contribution is -2.22. The molecule has 0 saturated carbocycles. The fourth-order valence-electron chi connectivity index (χ4n) is 1.38. The van der Waals surface area contributed by atoms with Gasteiger partial charge in [-0.05, 0) is 11.6 Å². The van der Waals surface area contributed by atoms with Crippen LogP contribution in [0.2, 0.25) is 0 Å². The van der Waals surface area contributed by atoms with Crippen LogP contribution in [0.25, 0.3) is 10.4 Å². The number of halogens is 2. The van der Waals surface area contributed by atoms with E-state index in [0.29, 0.717) is 12.1 Å². The van der Waals surface area contributed by atoms with Gasteiger partial charge in [0.25, 0.3) is 0 Å². The van der Waals surface area contributed by atoms with Gasteiger partial charge in [-0.3, -0.25) is 0 Å². The van der Waals surface area contributed by atoms with Gasteiger partial charge in [0, 0.05) is 16.5 Å². The van der Waals surface area contributed by atoms with Crippen LogP contribution in [0.15, 0.2) is 17.2 Å². The first-order chi connectivity index (χ1) is 8.88. The summed E-state index contributed by atoms with van der Waals surface area (Å²) in [5, 5.41) is 30.7. The zero-order valence-corrected chi connectivity index (χ0v) is 9.36. The number of rotatable bonds is 5. The van der Waals surface area contributed by atoms with Crippen LogP contribution in [0.3, 0.4) is 0 Å². The molecule has 1 aromatic carbocycles. The van der Waals surface area contributed by atoms with E-state index in [1.54, 1.807) is 0 Å². The third-order valence-corrected chi connectivity index (χ3v) is 2.33. The molecule has 1 rings (SSSR count). The number of benzene rings is 1. The van der Waals surface area contributed by atoms with E-state index in [1.165, 1.54) is 0 Å². The predicted octanol–water partition coefficient (Wildman–Crippen LogP) is 1.37. The highest BCUT2D eigenvalue weighted by Gasteiger charge is 2.24. The van der Waals surface area contributed by atoms with Crippen LogP contribution in [0.1, 0.15) is 22.0 Å². The molecule has 0 aliphatic heterocycles. The molecule has 0 aromatic heterocycles. The topological polar surface area (TPSA) is 127 Å². The van der Waals surface area contributed by atoms with Crippen molar-refractivity contribution < 1.29 is 28.9 Å². The lowest BCUT2D eigenvalue weighted by molar-refractivity contribution is 0.0221. The molecular weight excluding hydrogens is 264 g/mol. The Hall–Kier alpha value is -2.22. The number of nitrogens with zero attached hydrogens (tertiary/aromatic N) is 3. The van der Waals surface area contributed by atoms with Crippen LogP contribution in [0, 0.1) is 11.6 Å². The molecular formula is C10H9F2N3O4. The summed E-state index contributed by atoms with van der Waals surface area (Å²) in [5.41, 5.74) is 6.60. The zero-order valence-electron chi connectivity index (χ0n) is 9.36. The molecule has 0 aliphatic rings. The maximum Gasteiger partial charge on any atom is 0.338 e. The average molecular weight is 273 g/mol. The summed E-state index contributed by atoms with van der Waals surface area (Å²) < 4.78 is 26.5. The summed E-state index contributed by atoms with van der Waals surface area (Å²) in [7, 11) is 0. The molecule has 0 fully saturated rings. The van der Waals surface area contributed by atoms with Crippen molar-refractivity contribution in [2.75, 3.05) is 6.54 Å². The maximum atomic E-state index is 13.4. The largest absolute Gasteiger partial charge is 0.478 e. The normalized spacial score (nSPS) is 13.5. The van der Waals surface area contributed by atoms with E-state index in [0.717, 1.165) is 0 Å². The first-order valence-corrected chi connectivity index (χ1v) is 4.97. The Bertz CT molecular complexity index is 546. The average Bonchev–Trinajstić information content (AvgIpc) is 2.34. The molecule has 102 valence electrons. The van der Waals surface area contributed by atoms with Crippen molar-refractivity contribution in [1.82, 2.24) is 0 Å². The van der Waals surface area contributed by atoms with Crippen molar-refractivity contribution in [2.45, 2.75) is 12.2 Å². The quantitative estimate of drug-likeness (QED) is 0.425. The van der Waals surface area contributed by atoms with Crippen molar-refractivity contribution in [3.8, 4) is 0 Å². The van der Waals surface area contributed by atoms with E-state index in [4.69, 9.17) is 10.6 Å². The second-order valence-corrected chi connectivity index (χ2v) is 3.58. The Morgan fingerprint density at radius 3 is 2.53 bits per heavy atom. The summed E-state index contributed by atoms with van der Waals surface area (Å²) >= 11 is 0. The van der Waals surface area contributed by atoms with Gasteiger partial charge in [0.15, 0.2) is 0 Å². The Morgan fingerprint density at radius 1 is 1.37 bits per heavy atom. The molecule has 0 spiro atoms. The van der Waals surface area contributed by atoms with Crippen LogP contribution in [-0.2, 0) is 0 Å². The van der Waals surface area contributed by atoms with Crippen LogP contribution in [0.4, 0.5) is 8.78 Å². The van der Waals surface area contributed by atoms with Crippen molar-refractivity contribution in [3.05, 3.63) is 45.3 Å². The number of azide groups is 1. The number of carboxylic acids is 1. The van der Waals surface area contributed by atoms with E-state index in [2.05, 4.69) is 10.0 Å². The summed E-state index contributed by atoms with van der Waals surface area (Å²) in [6.45, 7) is -0.545. The van der Waals surface area contributed by atoms with Crippen molar-refractivity contribution >= 4 is 5.97 Å². The van der Waals surface area contributed by atoms with Gasteiger partial charge >= 0.3 is 5.97 Å². The lowest BCUT2D eigenvalue weighted by atomic mass is 10.0. The molecule has 2 atom stereocenters. The summed E-state index contributed by atoms with van der Waals surface area (Å²) in [6, 6.07) is 0.874. The first kappa shape index (κ1) is 14.8. The van der Waals surface area contributed by atoms with Gasteiger partial charge in [0.05, 0.1) is 18.2 Å². The number of aliphatic hydroxyl groups excluding tert-OH is 2. The van der Waals surface area contributed by atoms with Crippen molar-refractivity contribution in [1.29, 1.82) is 0 Å². The fourth-order valence-corrected chi connectivity index (χ4v) is 1.38. The minimum absolute atomic E-state index is 0.294. The Labute approximate surface area is 105 Å². The van der Waals surface area contributed by atoms with Gasteiger partial charge in [-0.2, -0.15) is 0 Å². The number of aromatic carboxylic acids is 1. The standard InChI is InChI=1S/C10H9F2N3O4/c11-6-2-7(12)5(10(18)19)1-4(6)9(17)8(16)3-14-15-13/h1-2,8-9,16-17H,3H2,(H,18,19). The smallest absolute Gasteiger partial charge is 0.338 e. The monoisotopic (exact) mass is 273 g/mol. The lowest BCUT2D eigenvalue weighted by Gasteiger charge is -2.17. The molecule has 0 heterocycles. The number of aliphatic hydroxyl groups is 2. The molecule has 9 heteroatoms. The van der Waals surface area contributed by atoms with E-state index < -0.39 is 47.5 Å². The summed E-state index contributed by atoms with van der Waals surface area (Å²) in [4.78, 5) is 13.0. The molecule has 19 heavy (non-hydrogen) atoms. The molecule has 0 aliphatic carbocycles. The molecule has 2 unspecified atom stereocenters. The van der Waals surface area contributed by atoms with Crippen LogP contribution >= 0.6 is 0 Å². The molecule has 0 radical (unpaired) electrons. The Morgan fingerprint density at radius 2 is 2.00 bits per heavy atom. The number of carbonyl (C=O) groups is 1. The summed E-state index contributed by atoms with van der Waals surface area (Å²) in [6.07, 6.45) is -3.48. The van der Waals surface area contributed by atoms with Gasteiger partial charge in [-0.1, -0.05) is 5.11 Å². The highest BCUT2D eigenvalue weighted by Crippen LogP contribution is 2.24. The molecule has 3 N–H and O–H groups in total. The zero-order chi connectivity index (χ0) is 14.6. The molecule has 7 nitrogen and oxygen atoms in total. The van der Waals surface area contributed by atoms with E-state index >= 15 is 0 Å². The number of hydrogen-bond acceptors (Lipinski definition) is 4. The third kappa shape index (κ3) is 3.38. The van der Waals surface area contributed by atoms with E-state index in [9.17, 15) is 23.8 Å². The second kappa shape index (κ2) is 6.10.